The first kappa shape index (κ1) is 33.1. The van der Waals surface area contributed by atoms with Gasteiger partial charge in [0.2, 0.25) is 11.8 Å². The molecule has 0 aliphatic rings. The zero-order chi connectivity index (χ0) is 34.3. The second-order valence-electron chi connectivity index (χ2n) is 8.64. The molecule has 0 fully saturated rings. The molecule has 0 saturated carbocycles. The van der Waals surface area contributed by atoms with Gasteiger partial charge < -0.3 is 21.3 Å². The Labute approximate surface area is 251 Å². The lowest BCUT2D eigenvalue weighted by molar-refractivity contribution is -0.402. The lowest BCUT2D eigenvalue weighted by atomic mass is 10.2. The van der Waals surface area contributed by atoms with Crippen LogP contribution in [0.2, 0.25) is 0 Å². The summed E-state index contributed by atoms with van der Waals surface area (Å²) in [6, 6.07) is 7.09. The van der Waals surface area contributed by atoms with E-state index in [0.717, 1.165) is 0 Å². The first-order valence-corrected chi connectivity index (χ1v) is 12.0. The highest BCUT2D eigenvalue weighted by molar-refractivity contribution is 5.97. The fourth-order valence-corrected chi connectivity index (χ4v) is 3.73. The van der Waals surface area contributed by atoms with Crippen molar-refractivity contribution in [3.05, 3.63) is 109 Å². The van der Waals surface area contributed by atoms with Gasteiger partial charge in [-0.25, -0.2) is 0 Å². The number of nitro groups is 6. The van der Waals surface area contributed by atoms with E-state index < -0.39 is 99.9 Å². The van der Waals surface area contributed by atoms with Crippen molar-refractivity contribution in [1.29, 1.82) is 0 Å². The van der Waals surface area contributed by atoms with Crippen LogP contribution in [0.1, 0.15) is 0 Å². The van der Waals surface area contributed by atoms with Gasteiger partial charge in [0.1, 0.15) is 0 Å². The first-order valence-electron chi connectivity index (χ1n) is 12.0. The summed E-state index contributed by atoms with van der Waals surface area (Å²) in [7, 11) is 0. The van der Waals surface area contributed by atoms with Crippen LogP contribution < -0.4 is 21.3 Å². The molecule has 3 aromatic rings. The Bertz CT molecular complexity index is 1610. The van der Waals surface area contributed by atoms with Crippen molar-refractivity contribution in [1.82, 2.24) is 0 Å². The molecular weight excluding hydrogens is 628 g/mol. The van der Waals surface area contributed by atoms with Gasteiger partial charge in [-0.15, -0.1) is 0 Å². The van der Waals surface area contributed by atoms with Crippen LogP contribution in [-0.4, -0.2) is 54.4 Å². The molecular formula is C22H16N10O14. The van der Waals surface area contributed by atoms with Crippen LogP contribution in [0.15, 0.2) is 48.5 Å². The molecule has 0 spiro atoms. The summed E-state index contributed by atoms with van der Waals surface area (Å²) >= 11 is 0. The normalized spacial score (nSPS) is 10.3. The predicted molar refractivity (Wildman–Crippen MR) is 153 cm³/mol. The number of non-ortho nitro benzene ring substituents is 2. The summed E-state index contributed by atoms with van der Waals surface area (Å²) in [6.45, 7) is -1.49. The Morgan fingerprint density at radius 2 is 0.739 bits per heavy atom. The Kier molecular flexibility index (Phi) is 9.87. The second kappa shape index (κ2) is 13.7. The van der Waals surface area contributed by atoms with Crippen molar-refractivity contribution < 1.29 is 39.1 Å². The molecule has 4 N–H and O–H groups in total. The Balaban J connectivity index is 1.65. The van der Waals surface area contributed by atoms with E-state index in [1.54, 1.807) is 0 Å². The van der Waals surface area contributed by atoms with Gasteiger partial charge in [0, 0.05) is 11.4 Å². The number of anilines is 4. The van der Waals surface area contributed by atoms with Crippen molar-refractivity contribution >= 4 is 68.7 Å². The molecule has 0 aromatic heterocycles. The van der Waals surface area contributed by atoms with E-state index in [2.05, 4.69) is 21.3 Å². The average Bonchev–Trinajstić information content (AvgIpc) is 2.98. The van der Waals surface area contributed by atoms with Crippen molar-refractivity contribution in [3.63, 3.8) is 0 Å². The molecule has 0 aliphatic carbocycles. The van der Waals surface area contributed by atoms with Crippen LogP contribution in [0.5, 0.6) is 0 Å². The van der Waals surface area contributed by atoms with Gasteiger partial charge in [-0.1, -0.05) is 0 Å². The van der Waals surface area contributed by atoms with Crippen molar-refractivity contribution in [2.75, 3.05) is 34.4 Å². The van der Waals surface area contributed by atoms with Crippen LogP contribution in [0.3, 0.4) is 0 Å². The van der Waals surface area contributed by atoms with Gasteiger partial charge in [-0.2, -0.15) is 0 Å². The van der Waals surface area contributed by atoms with E-state index in [9.17, 15) is 70.3 Å². The van der Waals surface area contributed by atoms with Crippen molar-refractivity contribution in [2.24, 2.45) is 0 Å². The third-order valence-corrected chi connectivity index (χ3v) is 5.68. The molecule has 3 rings (SSSR count). The molecule has 0 bridgehead atoms. The highest BCUT2D eigenvalue weighted by atomic mass is 16.6. The quantitative estimate of drug-likeness (QED) is 0.144. The summed E-state index contributed by atoms with van der Waals surface area (Å²) in [5.74, 6) is -1.71. The number of nitro benzene ring substituents is 6. The minimum absolute atomic E-state index is 0.118. The molecule has 46 heavy (non-hydrogen) atoms. The van der Waals surface area contributed by atoms with E-state index in [1.165, 1.54) is 24.3 Å². The maximum Gasteiger partial charge on any atom is 0.306 e. The molecule has 0 heterocycles. The molecule has 3 aromatic carbocycles. The highest BCUT2D eigenvalue weighted by Crippen LogP contribution is 2.39. The molecule has 0 saturated heterocycles. The molecule has 0 radical (unpaired) electrons. The van der Waals surface area contributed by atoms with E-state index in [0.29, 0.717) is 24.3 Å². The molecule has 0 aliphatic heterocycles. The van der Waals surface area contributed by atoms with Gasteiger partial charge >= 0.3 is 22.7 Å². The number of hydrogen-bond donors (Lipinski definition) is 4. The Morgan fingerprint density at radius 1 is 0.478 bits per heavy atom. The average molecular weight is 644 g/mol. The van der Waals surface area contributed by atoms with E-state index in [4.69, 9.17) is 0 Å². The molecule has 238 valence electrons. The minimum Gasteiger partial charge on any atom is -0.365 e. The number of nitrogens with zero attached hydrogens (tertiary/aromatic N) is 6. The Morgan fingerprint density at radius 3 is 0.957 bits per heavy atom. The number of benzene rings is 3. The SMILES string of the molecule is O=C(CNc1c([N+](=O)[O-])cc([N+](=O)[O-])cc1[N+](=O)[O-])Nc1ccc(NC(=O)CNc2c([N+](=O)[O-])cc([N+](=O)[O-])cc2[N+](=O)[O-])cc1. The standard InChI is InChI=1S/C22H16N10O14/c33-19(9-23-21-15(29(39)40)5-13(27(35)36)6-16(21)30(41)42)25-11-1-2-12(4-3-11)26-20(34)10-24-22-17(31(43)44)7-14(28(37)38)8-18(22)32(45)46/h1-8,23-24H,9-10H2,(H,25,33)(H,26,34). The predicted octanol–water partition coefficient (Wildman–Crippen LogP) is 3.24. The van der Waals surface area contributed by atoms with E-state index in [1.807, 2.05) is 0 Å². The van der Waals surface area contributed by atoms with Crippen LogP contribution in [0, 0.1) is 60.7 Å². The van der Waals surface area contributed by atoms with Gasteiger partial charge in [-0.3, -0.25) is 70.3 Å². The van der Waals surface area contributed by atoms with Gasteiger partial charge in [0.25, 0.3) is 11.4 Å². The van der Waals surface area contributed by atoms with Gasteiger partial charge in [0.15, 0.2) is 11.4 Å². The van der Waals surface area contributed by atoms with Crippen molar-refractivity contribution in [2.45, 2.75) is 0 Å². The lowest BCUT2D eigenvalue weighted by Gasteiger charge is -2.11. The fraction of sp³-hybridized carbons (Fsp3) is 0.0909. The third-order valence-electron chi connectivity index (χ3n) is 5.68. The number of hydrogen-bond acceptors (Lipinski definition) is 16. The number of carbonyl (C=O) groups excluding carboxylic acids is 2. The highest BCUT2D eigenvalue weighted by Gasteiger charge is 2.32. The monoisotopic (exact) mass is 644 g/mol. The summed E-state index contributed by atoms with van der Waals surface area (Å²) in [4.78, 5) is 85.7. The molecule has 24 heteroatoms. The van der Waals surface area contributed by atoms with E-state index in [-0.39, 0.29) is 11.4 Å². The summed E-state index contributed by atoms with van der Waals surface area (Å²) in [5.41, 5.74) is -7.13. The largest absolute Gasteiger partial charge is 0.365 e. The van der Waals surface area contributed by atoms with Crippen LogP contribution >= 0.6 is 0 Å². The maximum atomic E-state index is 12.4. The summed E-state index contributed by atoms with van der Waals surface area (Å²) < 4.78 is 0. The zero-order valence-corrected chi connectivity index (χ0v) is 22.4. The molecule has 2 amide bonds. The van der Waals surface area contributed by atoms with E-state index >= 15 is 0 Å². The van der Waals surface area contributed by atoms with Crippen LogP contribution in [-0.2, 0) is 9.59 Å². The number of amides is 2. The van der Waals surface area contributed by atoms with Gasteiger partial charge in [-0.05, 0) is 24.3 Å². The maximum absolute atomic E-state index is 12.4. The number of rotatable bonds is 14. The second-order valence-corrected chi connectivity index (χ2v) is 8.64. The van der Waals surface area contributed by atoms with Crippen molar-refractivity contribution in [3.8, 4) is 0 Å². The third kappa shape index (κ3) is 7.91. The van der Waals surface area contributed by atoms with Crippen LogP contribution in [0.4, 0.5) is 56.9 Å². The molecule has 0 unspecified atom stereocenters. The summed E-state index contributed by atoms with van der Waals surface area (Å²) in [6.07, 6.45) is 0. The molecule has 24 nitrogen and oxygen atoms in total. The molecule has 0 atom stereocenters. The Hall–Kier alpha value is -7.40. The lowest BCUT2D eigenvalue weighted by Crippen LogP contribution is -2.23. The fourth-order valence-electron chi connectivity index (χ4n) is 3.73. The summed E-state index contributed by atoms with van der Waals surface area (Å²) in [5, 5.41) is 76.6. The zero-order valence-electron chi connectivity index (χ0n) is 22.4. The van der Waals surface area contributed by atoms with Gasteiger partial charge in [0.05, 0.1) is 66.9 Å². The first-order chi connectivity index (χ1) is 21.6. The smallest absolute Gasteiger partial charge is 0.306 e. The minimum atomic E-state index is -1.10. The topological polar surface area (TPSA) is 341 Å². The number of carbonyl (C=O) groups is 2. The van der Waals surface area contributed by atoms with Crippen LogP contribution in [0.25, 0.3) is 0 Å². The number of nitrogens with one attached hydrogen (secondary N) is 4.